The Kier molecular flexibility index (Phi) is 4.68. The maximum atomic E-state index is 12.9. The van der Waals surface area contributed by atoms with Crippen LogP contribution in [-0.4, -0.2) is 75.9 Å². The molecule has 9 nitrogen and oxygen atoms in total. The molecule has 2 atom stereocenters. The fraction of sp³-hybridized carbons (Fsp3) is 0.529. The molecular formula is C17H21N5O4S. The molecule has 0 spiro atoms. The van der Waals surface area contributed by atoms with Gasteiger partial charge in [-0.1, -0.05) is 18.1 Å². The molecule has 1 amide bonds. The van der Waals surface area contributed by atoms with E-state index in [1.807, 2.05) is 11.8 Å². The summed E-state index contributed by atoms with van der Waals surface area (Å²) in [5.74, 6) is 0.868. The van der Waals surface area contributed by atoms with Crippen LogP contribution in [0.15, 0.2) is 28.9 Å². The Bertz CT molecular complexity index is 930. The van der Waals surface area contributed by atoms with E-state index in [1.165, 1.54) is 0 Å². The molecule has 0 radical (unpaired) electrons. The molecular weight excluding hydrogens is 370 g/mol. The molecule has 4 heterocycles. The van der Waals surface area contributed by atoms with E-state index in [-0.39, 0.29) is 23.5 Å². The predicted molar refractivity (Wildman–Crippen MR) is 95.6 cm³/mol. The Balaban J connectivity index is 1.56. The van der Waals surface area contributed by atoms with Gasteiger partial charge in [-0.3, -0.25) is 14.7 Å². The number of aryl methyl sites for hydroxylation is 1. The van der Waals surface area contributed by atoms with Crippen molar-refractivity contribution in [1.82, 2.24) is 24.9 Å². The highest BCUT2D eigenvalue weighted by molar-refractivity contribution is 7.91. The molecule has 10 heteroatoms. The van der Waals surface area contributed by atoms with Gasteiger partial charge in [0.2, 0.25) is 5.89 Å². The maximum Gasteiger partial charge on any atom is 0.272 e. The van der Waals surface area contributed by atoms with E-state index in [9.17, 15) is 13.2 Å². The number of pyridine rings is 1. The first-order chi connectivity index (χ1) is 13.0. The summed E-state index contributed by atoms with van der Waals surface area (Å²) in [7, 11) is -3.22. The van der Waals surface area contributed by atoms with E-state index in [2.05, 4.69) is 15.1 Å². The monoisotopic (exact) mass is 391 g/mol. The van der Waals surface area contributed by atoms with Crippen molar-refractivity contribution in [3.05, 3.63) is 41.8 Å². The van der Waals surface area contributed by atoms with Crippen LogP contribution in [0.1, 0.15) is 29.1 Å². The predicted octanol–water partition coefficient (Wildman–Crippen LogP) is 0.151. The second-order valence-electron chi connectivity index (χ2n) is 6.85. The van der Waals surface area contributed by atoms with Gasteiger partial charge in [-0.2, -0.15) is 4.98 Å². The zero-order valence-corrected chi connectivity index (χ0v) is 15.8. The van der Waals surface area contributed by atoms with Gasteiger partial charge in [-0.25, -0.2) is 8.42 Å². The first kappa shape index (κ1) is 18.1. The number of amides is 1. The lowest BCUT2D eigenvalue weighted by Crippen LogP contribution is -2.60. The number of nitrogens with zero attached hydrogens (tertiary/aromatic N) is 5. The van der Waals surface area contributed by atoms with Crippen molar-refractivity contribution in [1.29, 1.82) is 0 Å². The van der Waals surface area contributed by atoms with Crippen LogP contribution < -0.4 is 0 Å². The summed E-state index contributed by atoms with van der Waals surface area (Å²) < 4.78 is 29.9. The van der Waals surface area contributed by atoms with Crippen molar-refractivity contribution in [2.24, 2.45) is 0 Å². The minimum Gasteiger partial charge on any atom is -0.338 e. The fourth-order valence-corrected chi connectivity index (χ4v) is 5.79. The average Bonchev–Trinajstić information content (AvgIpc) is 3.25. The van der Waals surface area contributed by atoms with Crippen molar-refractivity contribution in [3.63, 3.8) is 0 Å². The first-order valence-electron chi connectivity index (χ1n) is 8.95. The Labute approximate surface area is 157 Å². The number of carbonyl (C=O) groups excluding carboxylic acids is 1. The Morgan fingerprint density at radius 3 is 2.78 bits per heavy atom. The highest BCUT2D eigenvalue weighted by Crippen LogP contribution is 2.29. The van der Waals surface area contributed by atoms with Crippen LogP contribution in [0.25, 0.3) is 0 Å². The summed E-state index contributed by atoms with van der Waals surface area (Å²) in [4.78, 5) is 25.0. The van der Waals surface area contributed by atoms with Gasteiger partial charge in [-0.05, 0) is 12.1 Å². The summed E-state index contributed by atoms with van der Waals surface area (Å²) in [5, 5.41) is 3.89. The van der Waals surface area contributed by atoms with E-state index in [4.69, 9.17) is 4.52 Å². The molecule has 2 aromatic heterocycles. The minimum absolute atomic E-state index is 0.0262. The normalized spacial score (nSPS) is 24.7. The van der Waals surface area contributed by atoms with Crippen molar-refractivity contribution in [3.8, 4) is 0 Å². The molecule has 2 aliphatic heterocycles. The van der Waals surface area contributed by atoms with Crippen molar-refractivity contribution in [2.75, 3.05) is 24.6 Å². The smallest absolute Gasteiger partial charge is 0.272 e. The minimum atomic E-state index is -3.22. The van der Waals surface area contributed by atoms with E-state index < -0.39 is 15.9 Å². The average molecular weight is 391 g/mol. The fourth-order valence-electron chi connectivity index (χ4n) is 3.78. The van der Waals surface area contributed by atoms with Crippen LogP contribution in [0.4, 0.5) is 0 Å². The summed E-state index contributed by atoms with van der Waals surface area (Å²) in [6, 6.07) is 4.46. The van der Waals surface area contributed by atoms with Crippen LogP contribution in [0, 0.1) is 0 Å². The summed E-state index contributed by atoms with van der Waals surface area (Å²) >= 11 is 0. The Morgan fingerprint density at radius 2 is 2.07 bits per heavy atom. The Hall–Kier alpha value is -2.33. The first-order valence-corrected chi connectivity index (χ1v) is 10.8. The van der Waals surface area contributed by atoms with Gasteiger partial charge in [0.1, 0.15) is 5.69 Å². The molecule has 2 aromatic rings. The van der Waals surface area contributed by atoms with Gasteiger partial charge >= 0.3 is 0 Å². The topological polar surface area (TPSA) is 110 Å². The summed E-state index contributed by atoms with van der Waals surface area (Å²) in [5.41, 5.74) is 0.332. The number of fused-ring (bicyclic) bond motifs is 1. The van der Waals surface area contributed by atoms with Gasteiger partial charge in [0.25, 0.3) is 5.91 Å². The summed E-state index contributed by atoms with van der Waals surface area (Å²) in [6.45, 7) is 3.30. The number of hydrogen-bond donors (Lipinski definition) is 0. The van der Waals surface area contributed by atoms with E-state index in [0.717, 1.165) is 0 Å². The molecule has 4 rings (SSSR count). The highest BCUT2D eigenvalue weighted by atomic mass is 32.2. The standard InChI is InChI=1S/C17H21N5O4S/c1-2-15-19-16(26-20-15)9-21-7-8-22(14-11-27(24,25)10-13(14)21)17(23)12-5-3-4-6-18-12/h3-6,13-14H,2,7-11H2,1H3/t13-,14+/m0/s1. The third-order valence-electron chi connectivity index (χ3n) is 5.10. The molecule has 2 aliphatic rings. The lowest BCUT2D eigenvalue weighted by atomic mass is 10.0. The zero-order valence-electron chi connectivity index (χ0n) is 15.0. The van der Waals surface area contributed by atoms with Crippen LogP contribution in [0.3, 0.4) is 0 Å². The second kappa shape index (κ2) is 7.01. The van der Waals surface area contributed by atoms with Crippen molar-refractivity contribution in [2.45, 2.75) is 32.0 Å². The van der Waals surface area contributed by atoms with E-state index in [0.29, 0.717) is 43.5 Å². The van der Waals surface area contributed by atoms with Gasteiger partial charge in [0.15, 0.2) is 15.7 Å². The highest BCUT2D eigenvalue weighted by Gasteiger charge is 2.48. The maximum absolute atomic E-state index is 12.9. The third-order valence-corrected chi connectivity index (χ3v) is 6.80. The van der Waals surface area contributed by atoms with E-state index >= 15 is 0 Å². The van der Waals surface area contributed by atoms with Gasteiger partial charge in [-0.15, -0.1) is 0 Å². The molecule has 144 valence electrons. The van der Waals surface area contributed by atoms with Crippen molar-refractivity contribution < 1.29 is 17.7 Å². The lowest BCUT2D eigenvalue weighted by molar-refractivity contribution is 0.0269. The number of sulfone groups is 1. The number of rotatable bonds is 4. The summed E-state index contributed by atoms with van der Waals surface area (Å²) in [6.07, 6.45) is 2.24. The molecule has 2 saturated heterocycles. The van der Waals surface area contributed by atoms with Crippen LogP contribution in [0.5, 0.6) is 0 Å². The molecule has 0 aromatic carbocycles. The van der Waals surface area contributed by atoms with E-state index in [1.54, 1.807) is 29.3 Å². The molecule has 0 unspecified atom stereocenters. The zero-order chi connectivity index (χ0) is 19.0. The molecule has 27 heavy (non-hydrogen) atoms. The van der Waals surface area contributed by atoms with Crippen LogP contribution >= 0.6 is 0 Å². The molecule has 0 bridgehead atoms. The molecule has 0 aliphatic carbocycles. The number of hydrogen-bond acceptors (Lipinski definition) is 8. The van der Waals surface area contributed by atoms with Crippen molar-refractivity contribution >= 4 is 15.7 Å². The second-order valence-corrected chi connectivity index (χ2v) is 9.01. The largest absolute Gasteiger partial charge is 0.338 e. The molecule has 0 saturated carbocycles. The van der Waals surface area contributed by atoms with Gasteiger partial charge in [0.05, 0.1) is 24.1 Å². The number of piperazine rings is 1. The van der Waals surface area contributed by atoms with Crippen LogP contribution in [0.2, 0.25) is 0 Å². The number of aromatic nitrogens is 3. The Morgan fingerprint density at radius 1 is 1.26 bits per heavy atom. The molecule has 2 fully saturated rings. The van der Waals surface area contributed by atoms with Crippen LogP contribution in [-0.2, 0) is 22.8 Å². The molecule has 0 N–H and O–H groups in total. The quantitative estimate of drug-likeness (QED) is 0.724. The third kappa shape index (κ3) is 3.59. The van der Waals surface area contributed by atoms with Gasteiger partial charge in [0, 0.05) is 31.7 Å². The lowest BCUT2D eigenvalue weighted by Gasteiger charge is -2.43. The SMILES string of the molecule is CCc1noc(CN2CCN(C(=O)c3ccccn3)[C@@H]3CS(=O)(=O)C[C@@H]32)n1. The number of carbonyl (C=O) groups is 1. The van der Waals surface area contributed by atoms with Gasteiger partial charge < -0.3 is 9.42 Å².